The molecule has 11 nitrogen and oxygen atoms in total. The second-order valence-corrected chi connectivity index (χ2v) is 10.1. The van der Waals surface area contributed by atoms with Crippen LogP contribution in [0.5, 0.6) is 0 Å². The number of rotatable bonds is 6. The SMILES string of the molecule is Cc1cn([C@H]2C[C@H]3OC[C@H](NC(=O)[C@@H](Cc4ccccc4)NC(=O)OC(C)(C)C)[C@H]3O2)c(=O)[nH]c1=O. The first-order valence-corrected chi connectivity index (χ1v) is 11.9. The van der Waals surface area contributed by atoms with Gasteiger partial charge in [0.25, 0.3) is 5.56 Å². The fourth-order valence-corrected chi connectivity index (χ4v) is 4.39. The van der Waals surface area contributed by atoms with E-state index in [1.807, 2.05) is 30.3 Å². The van der Waals surface area contributed by atoms with Crippen molar-refractivity contribution in [2.75, 3.05) is 6.61 Å². The molecule has 0 radical (unpaired) electrons. The van der Waals surface area contributed by atoms with Crippen molar-refractivity contribution >= 4 is 12.0 Å². The first-order chi connectivity index (χ1) is 17.0. The molecule has 2 amide bonds. The van der Waals surface area contributed by atoms with Crippen molar-refractivity contribution in [3.63, 3.8) is 0 Å². The average Bonchev–Trinajstić information content (AvgIpc) is 3.37. The van der Waals surface area contributed by atoms with Gasteiger partial charge in [0.1, 0.15) is 24.0 Å². The summed E-state index contributed by atoms with van der Waals surface area (Å²) >= 11 is 0. The molecule has 2 saturated heterocycles. The van der Waals surface area contributed by atoms with Crippen molar-refractivity contribution in [1.82, 2.24) is 20.2 Å². The molecular formula is C25H32N4O7. The van der Waals surface area contributed by atoms with Gasteiger partial charge in [0.15, 0.2) is 0 Å². The Morgan fingerprint density at radius 2 is 1.94 bits per heavy atom. The average molecular weight is 501 g/mol. The van der Waals surface area contributed by atoms with Crippen molar-refractivity contribution in [2.45, 2.75) is 76.7 Å². The zero-order valence-corrected chi connectivity index (χ0v) is 20.8. The summed E-state index contributed by atoms with van der Waals surface area (Å²) in [5.74, 6) is -0.400. The summed E-state index contributed by atoms with van der Waals surface area (Å²) in [7, 11) is 0. The summed E-state index contributed by atoms with van der Waals surface area (Å²) in [5, 5.41) is 5.62. The third kappa shape index (κ3) is 6.03. The summed E-state index contributed by atoms with van der Waals surface area (Å²) in [6.07, 6.45) is -0.0225. The van der Waals surface area contributed by atoms with Crippen LogP contribution >= 0.6 is 0 Å². The standard InChI is InChI=1S/C25H32N4O7/c1-14-12-29(23(32)28-21(14)30)19-11-18-20(35-19)17(13-34-18)26-22(31)16(10-15-8-6-5-7-9-15)27-24(33)36-25(2,3)4/h5-9,12,16-20H,10-11,13H2,1-4H3,(H,26,31)(H,27,33)(H,28,30,32)/t16-,17+,18-,19-,20-/m1/s1. The van der Waals surface area contributed by atoms with Crippen LogP contribution in [0.4, 0.5) is 4.79 Å². The number of aryl methyl sites for hydroxylation is 1. The van der Waals surface area contributed by atoms with Crippen molar-refractivity contribution in [2.24, 2.45) is 0 Å². The van der Waals surface area contributed by atoms with Gasteiger partial charge in [0.05, 0.1) is 18.8 Å². The van der Waals surface area contributed by atoms with Crippen LogP contribution in [0.3, 0.4) is 0 Å². The molecule has 2 fully saturated rings. The largest absolute Gasteiger partial charge is 0.444 e. The normalized spacial score (nSPS) is 24.1. The lowest BCUT2D eigenvalue weighted by Gasteiger charge is -2.26. The number of ether oxygens (including phenoxy) is 3. The lowest BCUT2D eigenvalue weighted by molar-refractivity contribution is -0.125. The molecular weight excluding hydrogens is 468 g/mol. The van der Waals surface area contributed by atoms with E-state index >= 15 is 0 Å². The van der Waals surface area contributed by atoms with Crippen molar-refractivity contribution in [3.8, 4) is 0 Å². The molecule has 5 atom stereocenters. The van der Waals surface area contributed by atoms with Gasteiger partial charge in [0, 0.05) is 24.6 Å². The first kappa shape index (κ1) is 25.6. The minimum Gasteiger partial charge on any atom is -0.444 e. The molecule has 2 aliphatic rings. The van der Waals surface area contributed by atoms with Crippen LogP contribution in [0, 0.1) is 6.92 Å². The molecule has 1 aromatic carbocycles. The van der Waals surface area contributed by atoms with Gasteiger partial charge in [-0.2, -0.15) is 0 Å². The van der Waals surface area contributed by atoms with Gasteiger partial charge in [-0.3, -0.25) is 19.1 Å². The predicted octanol–water partition coefficient (Wildman–Crippen LogP) is 1.15. The van der Waals surface area contributed by atoms with Crippen molar-refractivity contribution in [3.05, 3.63) is 68.5 Å². The third-order valence-corrected chi connectivity index (χ3v) is 6.07. The van der Waals surface area contributed by atoms with Crippen LogP contribution in [0.25, 0.3) is 0 Å². The van der Waals surface area contributed by atoms with Gasteiger partial charge in [0.2, 0.25) is 5.91 Å². The molecule has 3 N–H and O–H groups in total. The van der Waals surface area contributed by atoms with E-state index in [1.165, 1.54) is 10.8 Å². The molecule has 0 aliphatic carbocycles. The quantitative estimate of drug-likeness (QED) is 0.540. The van der Waals surface area contributed by atoms with Crippen LogP contribution in [0.2, 0.25) is 0 Å². The number of carbonyl (C=O) groups is 2. The molecule has 36 heavy (non-hydrogen) atoms. The summed E-state index contributed by atoms with van der Waals surface area (Å²) in [5.41, 5.74) is -0.467. The van der Waals surface area contributed by atoms with Crippen LogP contribution < -0.4 is 21.9 Å². The van der Waals surface area contributed by atoms with E-state index in [-0.39, 0.29) is 19.1 Å². The van der Waals surface area contributed by atoms with E-state index in [1.54, 1.807) is 27.7 Å². The highest BCUT2D eigenvalue weighted by atomic mass is 16.6. The van der Waals surface area contributed by atoms with E-state index in [4.69, 9.17) is 14.2 Å². The molecule has 0 unspecified atom stereocenters. The molecule has 194 valence electrons. The van der Waals surface area contributed by atoms with Crippen molar-refractivity contribution in [1.29, 1.82) is 0 Å². The second-order valence-electron chi connectivity index (χ2n) is 10.1. The number of nitrogens with zero attached hydrogens (tertiary/aromatic N) is 1. The number of aromatic amines is 1. The summed E-state index contributed by atoms with van der Waals surface area (Å²) < 4.78 is 18.6. The number of H-pyrrole nitrogens is 1. The minimum atomic E-state index is -0.886. The summed E-state index contributed by atoms with van der Waals surface area (Å²) in [6, 6.07) is 7.98. The maximum atomic E-state index is 13.3. The molecule has 0 saturated carbocycles. The molecule has 4 rings (SSSR count). The fourth-order valence-electron chi connectivity index (χ4n) is 4.39. The maximum absolute atomic E-state index is 13.3. The Morgan fingerprint density at radius 3 is 2.64 bits per heavy atom. The van der Waals surface area contributed by atoms with E-state index in [0.717, 1.165) is 5.56 Å². The monoisotopic (exact) mass is 500 g/mol. The molecule has 3 heterocycles. The Kier molecular flexibility index (Phi) is 7.32. The van der Waals surface area contributed by atoms with Gasteiger partial charge < -0.3 is 24.8 Å². The smallest absolute Gasteiger partial charge is 0.408 e. The topological polar surface area (TPSA) is 141 Å². The number of aromatic nitrogens is 2. The number of hydrogen-bond donors (Lipinski definition) is 3. The van der Waals surface area contributed by atoms with Gasteiger partial charge in [-0.05, 0) is 33.3 Å². The highest BCUT2D eigenvalue weighted by Gasteiger charge is 2.47. The van der Waals surface area contributed by atoms with E-state index in [0.29, 0.717) is 12.0 Å². The fraction of sp³-hybridized carbons (Fsp3) is 0.520. The van der Waals surface area contributed by atoms with E-state index in [9.17, 15) is 19.2 Å². The predicted molar refractivity (Wildman–Crippen MR) is 130 cm³/mol. The Balaban J connectivity index is 1.45. The lowest BCUT2D eigenvalue weighted by Crippen LogP contribution is -2.54. The molecule has 0 bridgehead atoms. The Bertz CT molecular complexity index is 1220. The van der Waals surface area contributed by atoms with Crippen LogP contribution in [-0.2, 0) is 25.4 Å². The minimum absolute atomic E-state index is 0.234. The Labute approximate surface area is 208 Å². The maximum Gasteiger partial charge on any atom is 0.408 e. The zero-order valence-electron chi connectivity index (χ0n) is 20.8. The van der Waals surface area contributed by atoms with Crippen LogP contribution in [-0.4, -0.2) is 58.1 Å². The molecule has 0 spiro atoms. The van der Waals surface area contributed by atoms with Gasteiger partial charge in [-0.1, -0.05) is 30.3 Å². The summed E-state index contributed by atoms with van der Waals surface area (Å²) in [6.45, 7) is 7.08. The van der Waals surface area contributed by atoms with Crippen molar-refractivity contribution < 1.29 is 23.8 Å². The first-order valence-electron chi connectivity index (χ1n) is 11.9. The van der Waals surface area contributed by atoms with Crippen LogP contribution in [0.15, 0.2) is 46.1 Å². The highest BCUT2D eigenvalue weighted by molar-refractivity contribution is 5.86. The zero-order chi connectivity index (χ0) is 26.0. The van der Waals surface area contributed by atoms with Gasteiger partial charge in [-0.15, -0.1) is 0 Å². The molecule has 2 aromatic rings. The second kappa shape index (κ2) is 10.3. The number of fused-ring (bicyclic) bond motifs is 1. The molecule has 2 aliphatic heterocycles. The number of alkyl carbamates (subject to hydrolysis) is 1. The van der Waals surface area contributed by atoms with Crippen LogP contribution in [0.1, 0.15) is 44.5 Å². The Morgan fingerprint density at radius 1 is 1.22 bits per heavy atom. The molecule has 11 heteroatoms. The lowest BCUT2D eigenvalue weighted by atomic mass is 10.0. The number of carbonyl (C=O) groups excluding carboxylic acids is 2. The number of hydrogen-bond acceptors (Lipinski definition) is 7. The number of nitrogens with one attached hydrogen (secondary N) is 3. The highest BCUT2D eigenvalue weighted by Crippen LogP contribution is 2.35. The third-order valence-electron chi connectivity index (χ3n) is 6.07. The van der Waals surface area contributed by atoms with Gasteiger partial charge in [-0.25, -0.2) is 9.59 Å². The summed E-state index contributed by atoms with van der Waals surface area (Å²) in [4.78, 5) is 52.0. The Hall–Kier alpha value is -3.44. The number of benzene rings is 1. The number of amides is 2. The van der Waals surface area contributed by atoms with E-state index in [2.05, 4.69) is 15.6 Å². The molecule has 1 aromatic heterocycles. The van der Waals surface area contributed by atoms with Gasteiger partial charge >= 0.3 is 11.8 Å². The van der Waals surface area contributed by atoms with E-state index < -0.39 is 53.3 Å².